The van der Waals surface area contributed by atoms with Crippen molar-refractivity contribution in [3.05, 3.63) is 12.4 Å². The van der Waals surface area contributed by atoms with Gasteiger partial charge in [0.25, 0.3) is 0 Å². The smallest absolute Gasteiger partial charge is 0.319 e. The summed E-state index contributed by atoms with van der Waals surface area (Å²) in [5.74, 6) is 0.576. The number of H-pyrrole nitrogens is 1. The monoisotopic (exact) mass is 309 g/mol. The third-order valence-electron chi connectivity index (χ3n) is 4.34. The van der Waals surface area contributed by atoms with E-state index in [2.05, 4.69) is 39.6 Å². The highest BCUT2D eigenvalue weighted by atomic mass is 16.5. The number of amides is 2. The van der Waals surface area contributed by atoms with Gasteiger partial charge in [0, 0.05) is 31.9 Å². The van der Waals surface area contributed by atoms with Gasteiger partial charge in [0.1, 0.15) is 0 Å². The summed E-state index contributed by atoms with van der Waals surface area (Å²) in [4.78, 5) is 14.4. The molecule has 3 N–H and O–H groups in total. The summed E-state index contributed by atoms with van der Waals surface area (Å²) in [6.07, 6.45) is 5.47. The first-order valence-electron chi connectivity index (χ1n) is 8.10. The number of morpholine rings is 1. The molecule has 1 aliphatic rings. The van der Waals surface area contributed by atoms with Crippen LogP contribution in [-0.2, 0) is 4.74 Å². The molecule has 0 bridgehead atoms. The number of nitrogens with zero attached hydrogens (tertiary/aromatic N) is 2. The second-order valence-electron chi connectivity index (χ2n) is 5.61. The standard InChI is InChI=1S/C15H27N5O2/c1-3-12(4-2)14(20-5-7-22-8-6-20)11-16-15(21)19-13-9-17-18-10-13/h9-10,12,14H,3-8,11H2,1-2H3,(H,17,18)(H2,16,19,21). The number of carbonyl (C=O) groups excluding carboxylic acids is 1. The molecule has 1 atom stereocenters. The van der Waals surface area contributed by atoms with E-state index in [9.17, 15) is 4.79 Å². The molecule has 124 valence electrons. The Kier molecular flexibility index (Phi) is 6.67. The van der Waals surface area contributed by atoms with Gasteiger partial charge in [-0.15, -0.1) is 0 Å². The average molecular weight is 309 g/mol. The number of ether oxygens (including phenoxy) is 1. The lowest BCUT2D eigenvalue weighted by Gasteiger charge is -2.38. The van der Waals surface area contributed by atoms with Gasteiger partial charge in [0.05, 0.1) is 25.1 Å². The van der Waals surface area contributed by atoms with Crippen molar-refractivity contribution in [1.82, 2.24) is 20.4 Å². The van der Waals surface area contributed by atoms with Gasteiger partial charge in [-0.3, -0.25) is 10.00 Å². The van der Waals surface area contributed by atoms with Gasteiger partial charge in [-0.25, -0.2) is 4.79 Å². The van der Waals surface area contributed by atoms with E-state index < -0.39 is 0 Å². The highest BCUT2D eigenvalue weighted by molar-refractivity contribution is 5.88. The van der Waals surface area contributed by atoms with E-state index in [1.807, 2.05) is 0 Å². The molecule has 22 heavy (non-hydrogen) atoms. The molecular weight excluding hydrogens is 282 g/mol. The molecule has 0 aromatic carbocycles. The molecule has 7 heteroatoms. The Labute approximate surface area is 131 Å². The average Bonchev–Trinajstić information content (AvgIpc) is 3.05. The van der Waals surface area contributed by atoms with Gasteiger partial charge in [-0.2, -0.15) is 5.10 Å². The summed E-state index contributed by atoms with van der Waals surface area (Å²) in [5.41, 5.74) is 0.669. The van der Waals surface area contributed by atoms with Gasteiger partial charge < -0.3 is 15.4 Å². The topological polar surface area (TPSA) is 82.3 Å². The van der Waals surface area contributed by atoms with Crippen molar-refractivity contribution in [2.24, 2.45) is 5.92 Å². The molecule has 2 heterocycles. The number of urea groups is 1. The predicted octanol–water partition coefficient (Wildman–Crippen LogP) is 1.67. The van der Waals surface area contributed by atoms with Crippen molar-refractivity contribution < 1.29 is 9.53 Å². The molecule has 1 saturated heterocycles. The number of anilines is 1. The Morgan fingerprint density at radius 1 is 1.41 bits per heavy atom. The fraction of sp³-hybridized carbons (Fsp3) is 0.733. The van der Waals surface area contributed by atoms with Crippen LogP contribution < -0.4 is 10.6 Å². The van der Waals surface area contributed by atoms with Crippen molar-refractivity contribution in [3.8, 4) is 0 Å². The normalized spacial score (nSPS) is 17.4. The lowest BCUT2D eigenvalue weighted by atomic mass is 9.92. The second-order valence-corrected chi connectivity index (χ2v) is 5.61. The Bertz CT molecular complexity index is 427. The summed E-state index contributed by atoms with van der Waals surface area (Å²) in [6, 6.07) is 0.166. The van der Waals surface area contributed by atoms with Gasteiger partial charge in [0.2, 0.25) is 0 Å². The van der Waals surface area contributed by atoms with Crippen LogP contribution in [0.1, 0.15) is 26.7 Å². The first-order valence-corrected chi connectivity index (χ1v) is 8.10. The zero-order valence-electron chi connectivity index (χ0n) is 13.5. The number of aromatic amines is 1. The highest BCUT2D eigenvalue weighted by Gasteiger charge is 2.27. The van der Waals surface area contributed by atoms with E-state index in [-0.39, 0.29) is 6.03 Å². The SMILES string of the molecule is CCC(CC)C(CNC(=O)Nc1cn[nH]c1)N1CCOCC1. The molecule has 1 aromatic heterocycles. The summed E-state index contributed by atoms with van der Waals surface area (Å²) >= 11 is 0. The molecule has 1 unspecified atom stereocenters. The second kappa shape index (κ2) is 8.75. The van der Waals surface area contributed by atoms with E-state index in [1.165, 1.54) is 0 Å². The van der Waals surface area contributed by atoms with E-state index in [0.717, 1.165) is 39.1 Å². The van der Waals surface area contributed by atoms with Crippen molar-refractivity contribution in [1.29, 1.82) is 0 Å². The van der Waals surface area contributed by atoms with Crippen LogP contribution in [0.4, 0.5) is 10.5 Å². The van der Waals surface area contributed by atoms with E-state index in [1.54, 1.807) is 12.4 Å². The first-order chi connectivity index (χ1) is 10.7. The molecular formula is C15H27N5O2. The third kappa shape index (κ3) is 4.71. The van der Waals surface area contributed by atoms with Crippen LogP contribution in [0, 0.1) is 5.92 Å². The molecule has 0 spiro atoms. The van der Waals surface area contributed by atoms with E-state index in [0.29, 0.717) is 24.2 Å². The van der Waals surface area contributed by atoms with Gasteiger partial charge in [-0.1, -0.05) is 26.7 Å². The van der Waals surface area contributed by atoms with E-state index in [4.69, 9.17) is 4.74 Å². The highest BCUT2D eigenvalue weighted by Crippen LogP contribution is 2.19. The molecule has 1 aliphatic heterocycles. The van der Waals surface area contributed by atoms with Crippen LogP contribution in [0.5, 0.6) is 0 Å². The van der Waals surface area contributed by atoms with Crippen LogP contribution in [0.15, 0.2) is 12.4 Å². The zero-order valence-corrected chi connectivity index (χ0v) is 13.5. The quantitative estimate of drug-likeness (QED) is 0.715. The Hall–Kier alpha value is -1.60. The fourth-order valence-electron chi connectivity index (χ4n) is 3.03. The van der Waals surface area contributed by atoms with Crippen LogP contribution in [0.25, 0.3) is 0 Å². The maximum atomic E-state index is 12.0. The summed E-state index contributed by atoms with van der Waals surface area (Å²) in [7, 11) is 0. The predicted molar refractivity (Wildman–Crippen MR) is 85.9 cm³/mol. The molecule has 1 fully saturated rings. The Morgan fingerprint density at radius 2 is 2.14 bits per heavy atom. The zero-order chi connectivity index (χ0) is 15.8. The molecule has 0 aliphatic carbocycles. The number of aromatic nitrogens is 2. The maximum Gasteiger partial charge on any atom is 0.319 e. The minimum Gasteiger partial charge on any atom is -0.379 e. The Morgan fingerprint density at radius 3 is 2.73 bits per heavy atom. The van der Waals surface area contributed by atoms with Crippen molar-refractivity contribution >= 4 is 11.7 Å². The lowest BCUT2D eigenvalue weighted by Crippen LogP contribution is -2.52. The van der Waals surface area contributed by atoms with Gasteiger partial charge >= 0.3 is 6.03 Å². The molecule has 0 radical (unpaired) electrons. The lowest BCUT2D eigenvalue weighted by molar-refractivity contribution is 0.00247. The number of carbonyl (C=O) groups is 1. The number of hydrogen-bond acceptors (Lipinski definition) is 4. The van der Waals surface area contributed by atoms with Gasteiger partial charge in [-0.05, 0) is 5.92 Å². The summed E-state index contributed by atoms with van der Waals surface area (Å²) < 4.78 is 5.44. The molecule has 7 nitrogen and oxygen atoms in total. The van der Waals surface area contributed by atoms with Crippen LogP contribution >= 0.6 is 0 Å². The summed E-state index contributed by atoms with van der Waals surface area (Å²) in [5, 5.41) is 12.2. The van der Waals surface area contributed by atoms with Gasteiger partial charge in [0.15, 0.2) is 0 Å². The van der Waals surface area contributed by atoms with E-state index >= 15 is 0 Å². The van der Waals surface area contributed by atoms with Crippen LogP contribution in [0.2, 0.25) is 0 Å². The Balaban J connectivity index is 1.89. The number of rotatable bonds is 7. The molecule has 2 amide bonds. The first kappa shape index (κ1) is 16.8. The van der Waals surface area contributed by atoms with Crippen molar-refractivity contribution in [3.63, 3.8) is 0 Å². The van der Waals surface area contributed by atoms with Crippen LogP contribution in [0.3, 0.4) is 0 Å². The molecule has 0 saturated carbocycles. The fourth-order valence-corrected chi connectivity index (χ4v) is 3.03. The van der Waals surface area contributed by atoms with Crippen LogP contribution in [-0.4, -0.2) is 60.0 Å². The molecule has 1 aromatic rings. The van der Waals surface area contributed by atoms with Crippen molar-refractivity contribution in [2.45, 2.75) is 32.7 Å². The van der Waals surface area contributed by atoms with Crippen molar-refractivity contribution in [2.75, 3.05) is 38.2 Å². The third-order valence-corrected chi connectivity index (χ3v) is 4.34. The summed E-state index contributed by atoms with van der Waals surface area (Å²) in [6.45, 7) is 8.50. The number of nitrogens with one attached hydrogen (secondary N) is 3. The molecule has 2 rings (SSSR count). The number of hydrogen-bond donors (Lipinski definition) is 3. The minimum atomic E-state index is -0.189. The largest absolute Gasteiger partial charge is 0.379 e. The maximum absolute atomic E-state index is 12.0. The minimum absolute atomic E-state index is 0.189.